The Bertz CT molecular complexity index is 773. The highest BCUT2D eigenvalue weighted by molar-refractivity contribution is 5.94. The molecule has 136 valence electrons. The molecule has 5 heteroatoms. The van der Waals surface area contributed by atoms with Gasteiger partial charge < -0.3 is 19.5 Å². The number of para-hydroxylation sites is 2. The van der Waals surface area contributed by atoms with Crippen molar-refractivity contribution >= 4 is 5.91 Å². The largest absolute Gasteiger partial charge is 0.493 e. The van der Waals surface area contributed by atoms with Gasteiger partial charge in [0.05, 0.1) is 19.8 Å². The number of rotatable bonds is 7. The van der Waals surface area contributed by atoms with Gasteiger partial charge >= 0.3 is 0 Å². The van der Waals surface area contributed by atoms with Crippen LogP contribution < -0.4 is 19.5 Å². The topological polar surface area (TPSA) is 56.8 Å². The van der Waals surface area contributed by atoms with Gasteiger partial charge in [-0.3, -0.25) is 4.79 Å². The third kappa shape index (κ3) is 6.06. The molecule has 2 rings (SSSR count). The van der Waals surface area contributed by atoms with Crippen molar-refractivity contribution in [2.24, 2.45) is 0 Å². The monoisotopic (exact) mass is 353 g/mol. The number of hydrogen-bond donors (Lipinski definition) is 1. The van der Waals surface area contributed by atoms with Gasteiger partial charge in [-0.1, -0.05) is 24.0 Å². The minimum atomic E-state index is -0.180. The van der Waals surface area contributed by atoms with Crippen molar-refractivity contribution in [3.63, 3.8) is 0 Å². The summed E-state index contributed by atoms with van der Waals surface area (Å²) in [6.45, 7) is 4.38. The highest BCUT2D eigenvalue weighted by Crippen LogP contribution is 2.25. The van der Waals surface area contributed by atoms with Crippen LogP contribution in [-0.2, 0) is 0 Å². The van der Waals surface area contributed by atoms with Gasteiger partial charge in [-0.15, -0.1) is 0 Å². The fraction of sp³-hybridized carbons (Fsp3) is 0.286. The van der Waals surface area contributed by atoms with E-state index in [0.717, 1.165) is 5.75 Å². The normalized spacial score (nSPS) is 9.85. The average Bonchev–Trinajstić information content (AvgIpc) is 2.64. The Morgan fingerprint density at radius 3 is 2.38 bits per heavy atom. The van der Waals surface area contributed by atoms with E-state index in [1.165, 1.54) is 0 Å². The second-order valence-electron chi connectivity index (χ2n) is 5.67. The predicted molar refractivity (Wildman–Crippen MR) is 101 cm³/mol. The molecule has 0 heterocycles. The van der Waals surface area contributed by atoms with Crippen LogP contribution in [0, 0.1) is 11.8 Å². The second-order valence-corrected chi connectivity index (χ2v) is 5.67. The number of methoxy groups -OCH3 is 1. The number of carbonyl (C=O) groups excluding carboxylic acids is 1. The maximum atomic E-state index is 12.0. The molecule has 0 saturated heterocycles. The smallest absolute Gasteiger partial charge is 0.252 e. The summed E-state index contributed by atoms with van der Waals surface area (Å²) in [4.78, 5) is 12.0. The zero-order valence-electron chi connectivity index (χ0n) is 15.2. The molecule has 0 atom stereocenters. The summed E-state index contributed by atoms with van der Waals surface area (Å²) in [7, 11) is 1.59. The predicted octanol–water partition coefficient (Wildman–Crippen LogP) is 3.29. The average molecular weight is 353 g/mol. The number of ether oxygens (including phenoxy) is 3. The van der Waals surface area contributed by atoms with Crippen molar-refractivity contribution in [3.05, 3.63) is 54.1 Å². The van der Waals surface area contributed by atoms with Gasteiger partial charge in [-0.2, -0.15) is 0 Å². The summed E-state index contributed by atoms with van der Waals surface area (Å²) in [5.74, 6) is 7.58. The van der Waals surface area contributed by atoms with E-state index in [4.69, 9.17) is 14.2 Å². The lowest BCUT2D eigenvalue weighted by atomic mass is 10.2. The van der Waals surface area contributed by atoms with E-state index in [1.807, 2.05) is 38.1 Å². The summed E-state index contributed by atoms with van der Waals surface area (Å²) >= 11 is 0. The third-order valence-electron chi connectivity index (χ3n) is 3.32. The van der Waals surface area contributed by atoms with Gasteiger partial charge in [0, 0.05) is 5.56 Å². The number of amides is 1. The van der Waals surface area contributed by atoms with Crippen molar-refractivity contribution in [1.82, 2.24) is 5.32 Å². The molecule has 0 radical (unpaired) electrons. The molecule has 0 spiro atoms. The van der Waals surface area contributed by atoms with Crippen LogP contribution in [0.4, 0.5) is 0 Å². The van der Waals surface area contributed by atoms with Crippen molar-refractivity contribution in [2.45, 2.75) is 20.0 Å². The Balaban J connectivity index is 1.75. The molecule has 0 aliphatic heterocycles. The first-order chi connectivity index (χ1) is 12.6. The molecule has 2 aromatic carbocycles. The fourth-order valence-electron chi connectivity index (χ4n) is 2.15. The summed E-state index contributed by atoms with van der Waals surface area (Å²) in [6.07, 6.45) is 0.100. The van der Waals surface area contributed by atoms with Gasteiger partial charge in [0.2, 0.25) is 0 Å². The van der Waals surface area contributed by atoms with Gasteiger partial charge in [0.15, 0.2) is 11.5 Å². The minimum absolute atomic E-state index is 0.100. The Morgan fingerprint density at radius 2 is 1.73 bits per heavy atom. The molecule has 0 aliphatic rings. The summed E-state index contributed by atoms with van der Waals surface area (Å²) in [5.41, 5.74) is 0.563. The minimum Gasteiger partial charge on any atom is -0.493 e. The van der Waals surface area contributed by atoms with Crippen molar-refractivity contribution in [1.29, 1.82) is 0 Å². The van der Waals surface area contributed by atoms with Crippen LogP contribution in [-0.4, -0.2) is 32.3 Å². The van der Waals surface area contributed by atoms with Crippen LogP contribution in [0.5, 0.6) is 17.2 Å². The molecule has 2 aromatic rings. The molecule has 1 N–H and O–H groups in total. The van der Waals surface area contributed by atoms with E-state index in [9.17, 15) is 4.79 Å². The molecular weight excluding hydrogens is 330 g/mol. The standard InChI is InChI=1S/C21H23NO4/c1-16(2)26-18-12-10-17(11-13-18)21(23)22-14-6-7-15-25-20-9-5-4-8-19(20)24-3/h4-5,8-13,16H,14-15H2,1-3H3,(H,22,23). The number of benzene rings is 2. The first kappa shape index (κ1) is 19.2. The maximum absolute atomic E-state index is 12.0. The lowest BCUT2D eigenvalue weighted by molar-refractivity contribution is 0.0958. The van der Waals surface area contributed by atoms with E-state index < -0.39 is 0 Å². The summed E-state index contributed by atoms with van der Waals surface area (Å²) in [5, 5.41) is 2.75. The number of nitrogens with one attached hydrogen (secondary N) is 1. The van der Waals surface area contributed by atoms with Crippen LogP contribution in [0.1, 0.15) is 24.2 Å². The first-order valence-corrected chi connectivity index (χ1v) is 8.36. The molecule has 0 aliphatic carbocycles. The Morgan fingerprint density at radius 1 is 1.04 bits per heavy atom. The Kier molecular flexibility index (Phi) is 7.38. The molecule has 0 aromatic heterocycles. The Labute approximate surface area is 154 Å². The van der Waals surface area contributed by atoms with E-state index >= 15 is 0 Å². The van der Waals surface area contributed by atoms with Crippen LogP contribution >= 0.6 is 0 Å². The zero-order chi connectivity index (χ0) is 18.8. The molecule has 0 bridgehead atoms. The van der Waals surface area contributed by atoms with Gasteiger partial charge in [-0.25, -0.2) is 0 Å². The highest BCUT2D eigenvalue weighted by atomic mass is 16.5. The quantitative estimate of drug-likeness (QED) is 0.776. The number of hydrogen-bond acceptors (Lipinski definition) is 4. The summed E-state index contributed by atoms with van der Waals surface area (Å²) in [6, 6.07) is 14.4. The molecule has 5 nitrogen and oxygen atoms in total. The highest BCUT2D eigenvalue weighted by Gasteiger charge is 2.05. The van der Waals surface area contributed by atoms with Crippen molar-refractivity contribution < 1.29 is 19.0 Å². The van der Waals surface area contributed by atoms with Gasteiger partial charge in [-0.05, 0) is 50.2 Å². The van der Waals surface area contributed by atoms with Crippen LogP contribution in [0.25, 0.3) is 0 Å². The fourth-order valence-corrected chi connectivity index (χ4v) is 2.15. The van der Waals surface area contributed by atoms with Crippen molar-refractivity contribution in [3.8, 4) is 29.1 Å². The maximum Gasteiger partial charge on any atom is 0.252 e. The second kappa shape index (κ2) is 10.00. The summed E-state index contributed by atoms with van der Waals surface area (Å²) < 4.78 is 16.3. The lowest BCUT2D eigenvalue weighted by Crippen LogP contribution is -2.23. The molecule has 1 amide bonds. The molecule has 0 fully saturated rings. The first-order valence-electron chi connectivity index (χ1n) is 8.36. The zero-order valence-corrected chi connectivity index (χ0v) is 15.2. The van der Waals surface area contributed by atoms with E-state index in [2.05, 4.69) is 17.2 Å². The molecule has 26 heavy (non-hydrogen) atoms. The Hall–Kier alpha value is -3.13. The lowest BCUT2D eigenvalue weighted by Gasteiger charge is -2.09. The molecule has 0 saturated carbocycles. The van der Waals surface area contributed by atoms with E-state index in [-0.39, 0.29) is 25.2 Å². The van der Waals surface area contributed by atoms with Gasteiger partial charge in [0.1, 0.15) is 12.4 Å². The van der Waals surface area contributed by atoms with Crippen LogP contribution in [0.3, 0.4) is 0 Å². The molecular formula is C21H23NO4. The van der Waals surface area contributed by atoms with E-state index in [1.54, 1.807) is 31.4 Å². The van der Waals surface area contributed by atoms with E-state index in [0.29, 0.717) is 17.1 Å². The SMILES string of the molecule is COc1ccccc1OCC#CCNC(=O)c1ccc(OC(C)C)cc1. The van der Waals surface area contributed by atoms with Crippen LogP contribution in [0.15, 0.2) is 48.5 Å². The van der Waals surface area contributed by atoms with Crippen LogP contribution in [0.2, 0.25) is 0 Å². The van der Waals surface area contributed by atoms with Crippen molar-refractivity contribution in [2.75, 3.05) is 20.3 Å². The number of carbonyl (C=O) groups is 1. The third-order valence-corrected chi connectivity index (χ3v) is 3.32. The van der Waals surface area contributed by atoms with Gasteiger partial charge in [0.25, 0.3) is 5.91 Å². The molecule has 0 unspecified atom stereocenters.